The third kappa shape index (κ3) is 6.38. The Morgan fingerprint density at radius 2 is 1.67 bits per heavy atom. The molecule has 0 aliphatic carbocycles. The Labute approximate surface area is 217 Å². The zero-order valence-corrected chi connectivity index (χ0v) is 21.5. The summed E-state index contributed by atoms with van der Waals surface area (Å²) in [7, 11) is 0. The number of ether oxygens (including phenoxy) is 1. The summed E-state index contributed by atoms with van der Waals surface area (Å²) in [6.45, 7) is 6.89. The van der Waals surface area contributed by atoms with Gasteiger partial charge in [0, 0.05) is 37.4 Å². The van der Waals surface area contributed by atoms with Gasteiger partial charge >= 0.3 is 0 Å². The quantitative estimate of drug-likeness (QED) is 0.418. The van der Waals surface area contributed by atoms with Crippen LogP contribution < -0.4 is 15.0 Å². The molecule has 0 unspecified atom stereocenters. The molecule has 1 N–H and O–H groups in total. The van der Waals surface area contributed by atoms with E-state index in [2.05, 4.69) is 24.1 Å². The SMILES string of the molecule is CC[C@H](C)c1ccc(OCC(=O)Nc2ccc(N3CCN(C(=O)c4ccccc4)CC3)c(Cl)c2)cc1. The zero-order chi connectivity index (χ0) is 25.5. The molecule has 7 heteroatoms. The van der Waals surface area contributed by atoms with Gasteiger partial charge in [-0.05, 0) is 60.4 Å². The lowest BCUT2D eigenvalue weighted by atomic mass is 9.99. The molecule has 3 aromatic rings. The molecule has 0 bridgehead atoms. The summed E-state index contributed by atoms with van der Waals surface area (Å²) < 4.78 is 5.63. The van der Waals surface area contributed by atoms with Gasteiger partial charge in [0.2, 0.25) is 0 Å². The monoisotopic (exact) mass is 505 g/mol. The fourth-order valence-electron chi connectivity index (χ4n) is 4.23. The number of carbonyl (C=O) groups excluding carboxylic acids is 2. The maximum atomic E-state index is 12.7. The van der Waals surface area contributed by atoms with Crippen LogP contribution in [0.3, 0.4) is 0 Å². The van der Waals surface area contributed by atoms with Crippen molar-refractivity contribution in [2.75, 3.05) is 43.0 Å². The van der Waals surface area contributed by atoms with Gasteiger partial charge in [0.05, 0.1) is 10.7 Å². The van der Waals surface area contributed by atoms with Crippen LogP contribution in [0.25, 0.3) is 0 Å². The number of nitrogens with zero attached hydrogens (tertiary/aromatic N) is 2. The van der Waals surface area contributed by atoms with E-state index in [0.717, 1.165) is 12.1 Å². The number of rotatable bonds is 8. The maximum Gasteiger partial charge on any atom is 0.262 e. The summed E-state index contributed by atoms with van der Waals surface area (Å²) >= 11 is 6.56. The number of nitrogens with one attached hydrogen (secondary N) is 1. The van der Waals surface area contributed by atoms with E-state index in [-0.39, 0.29) is 18.4 Å². The highest BCUT2D eigenvalue weighted by molar-refractivity contribution is 6.33. The minimum Gasteiger partial charge on any atom is -0.484 e. The van der Waals surface area contributed by atoms with E-state index in [9.17, 15) is 9.59 Å². The van der Waals surface area contributed by atoms with Gasteiger partial charge in [-0.15, -0.1) is 0 Å². The fourth-order valence-corrected chi connectivity index (χ4v) is 4.53. The van der Waals surface area contributed by atoms with Crippen molar-refractivity contribution in [2.24, 2.45) is 0 Å². The third-order valence-electron chi connectivity index (χ3n) is 6.59. The molecule has 0 saturated carbocycles. The van der Waals surface area contributed by atoms with Crippen molar-refractivity contribution >= 4 is 34.8 Å². The van der Waals surface area contributed by atoms with E-state index < -0.39 is 0 Å². The van der Waals surface area contributed by atoms with Crippen molar-refractivity contribution in [3.05, 3.63) is 88.9 Å². The van der Waals surface area contributed by atoms with Crippen molar-refractivity contribution in [1.29, 1.82) is 0 Å². The summed E-state index contributed by atoms with van der Waals surface area (Å²) in [5.74, 6) is 0.956. The van der Waals surface area contributed by atoms with Gasteiger partial charge in [-0.2, -0.15) is 0 Å². The van der Waals surface area contributed by atoms with Crippen LogP contribution in [0.15, 0.2) is 72.8 Å². The second kappa shape index (κ2) is 12.0. The predicted molar refractivity (Wildman–Crippen MR) is 145 cm³/mol. The number of benzene rings is 3. The summed E-state index contributed by atoms with van der Waals surface area (Å²) in [4.78, 5) is 29.1. The van der Waals surface area contributed by atoms with Crippen molar-refractivity contribution in [1.82, 2.24) is 4.90 Å². The van der Waals surface area contributed by atoms with Crippen LogP contribution in [0.4, 0.5) is 11.4 Å². The molecule has 2 amide bonds. The summed E-state index contributed by atoms with van der Waals surface area (Å²) in [6, 6.07) is 22.7. The molecule has 1 aliphatic heterocycles. The smallest absolute Gasteiger partial charge is 0.262 e. The largest absolute Gasteiger partial charge is 0.484 e. The Kier molecular flexibility index (Phi) is 8.49. The summed E-state index contributed by atoms with van der Waals surface area (Å²) in [5.41, 5.74) is 3.46. The number of amides is 2. The molecule has 1 aliphatic rings. The molecule has 1 saturated heterocycles. The molecule has 6 nitrogen and oxygen atoms in total. The van der Waals surface area contributed by atoms with Crippen LogP contribution in [0.2, 0.25) is 5.02 Å². The lowest BCUT2D eigenvalue weighted by Gasteiger charge is -2.36. The molecule has 1 heterocycles. The van der Waals surface area contributed by atoms with Crippen LogP contribution in [0.1, 0.15) is 42.1 Å². The van der Waals surface area contributed by atoms with E-state index in [0.29, 0.717) is 54.1 Å². The first-order valence-corrected chi connectivity index (χ1v) is 12.7. The topological polar surface area (TPSA) is 61.9 Å². The average molecular weight is 506 g/mol. The molecule has 0 aromatic heterocycles. The highest BCUT2D eigenvalue weighted by atomic mass is 35.5. The Bertz CT molecular complexity index is 1180. The number of halogens is 1. The average Bonchev–Trinajstić information content (AvgIpc) is 2.92. The Morgan fingerprint density at radius 1 is 0.972 bits per heavy atom. The Morgan fingerprint density at radius 3 is 2.31 bits per heavy atom. The van der Waals surface area contributed by atoms with Crippen molar-refractivity contribution in [3.8, 4) is 5.75 Å². The van der Waals surface area contributed by atoms with Gasteiger partial charge in [-0.25, -0.2) is 0 Å². The second-order valence-corrected chi connectivity index (χ2v) is 9.43. The van der Waals surface area contributed by atoms with E-state index in [4.69, 9.17) is 16.3 Å². The molecule has 1 fully saturated rings. The number of hydrogen-bond acceptors (Lipinski definition) is 4. The maximum absolute atomic E-state index is 12.7. The van der Waals surface area contributed by atoms with E-state index in [1.807, 2.05) is 71.6 Å². The summed E-state index contributed by atoms with van der Waals surface area (Å²) in [6.07, 6.45) is 1.08. The highest BCUT2D eigenvalue weighted by Gasteiger charge is 2.23. The van der Waals surface area contributed by atoms with Gasteiger partial charge < -0.3 is 19.9 Å². The van der Waals surface area contributed by atoms with Crippen LogP contribution >= 0.6 is 11.6 Å². The molecule has 0 radical (unpaired) electrons. The lowest BCUT2D eigenvalue weighted by Crippen LogP contribution is -2.48. The molecular formula is C29H32ClN3O3. The molecular weight excluding hydrogens is 474 g/mol. The zero-order valence-electron chi connectivity index (χ0n) is 20.7. The van der Waals surface area contributed by atoms with Gasteiger partial charge in [0.15, 0.2) is 6.61 Å². The van der Waals surface area contributed by atoms with Crippen molar-refractivity contribution in [3.63, 3.8) is 0 Å². The first kappa shape index (κ1) is 25.6. The van der Waals surface area contributed by atoms with Crippen LogP contribution in [-0.4, -0.2) is 49.5 Å². The molecule has 188 valence electrons. The predicted octanol–water partition coefficient (Wildman–Crippen LogP) is 5.83. The summed E-state index contributed by atoms with van der Waals surface area (Å²) in [5, 5.41) is 3.40. The first-order chi connectivity index (χ1) is 17.4. The van der Waals surface area contributed by atoms with E-state index in [1.54, 1.807) is 6.07 Å². The first-order valence-electron chi connectivity index (χ1n) is 12.4. The molecule has 3 aromatic carbocycles. The van der Waals surface area contributed by atoms with Crippen LogP contribution in [0, 0.1) is 0 Å². The number of piperazine rings is 1. The van der Waals surface area contributed by atoms with Crippen molar-refractivity contribution < 1.29 is 14.3 Å². The molecule has 1 atom stereocenters. The van der Waals surface area contributed by atoms with Gasteiger partial charge in [-0.1, -0.05) is 55.8 Å². The van der Waals surface area contributed by atoms with Crippen LogP contribution in [-0.2, 0) is 4.79 Å². The Balaban J connectivity index is 1.27. The Hall–Kier alpha value is -3.51. The molecule has 4 rings (SSSR count). The van der Waals surface area contributed by atoms with Gasteiger partial charge in [0.25, 0.3) is 11.8 Å². The number of anilines is 2. The van der Waals surface area contributed by atoms with Crippen molar-refractivity contribution in [2.45, 2.75) is 26.2 Å². The fraction of sp³-hybridized carbons (Fsp3) is 0.310. The van der Waals surface area contributed by atoms with Gasteiger partial charge in [0.1, 0.15) is 5.75 Å². The normalized spacial score (nSPS) is 14.3. The minimum absolute atomic E-state index is 0.0492. The van der Waals surface area contributed by atoms with Crippen LogP contribution in [0.5, 0.6) is 5.75 Å². The number of carbonyl (C=O) groups is 2. The highest BCUT2D eigenvalue weighted by Crippen LogP contribution is 2.30. The minimum atomic E-state index is -0.252. The van der Waals surface area contributed by atoms with E-state index >= 15 is 0 Å². The third-order valence-corrected chi connectivity index (χ3v) is 6.89. The van der Waals surface area contributed by atoms with Gasteiger partial charge in [-0.3, -0.25) is 9.59 Å². The standard InChI is InChI=1S/C29H32ClN3O3/c1-3-21(2)22-9-12-25(13-10-22)36-20-28(34)31-24-11-14-27(26(30)19-24)32-15-17-33(18-16-32)29(35)23-7-5-4-6-8-23/h4-14,19,21H,3,15-18,20H2,1-2H3,(H,31,34)/t21-/m0/s1. The number of hydrogen-bond donors (Lipinski definition) is 1. The second-order valence-electron chi connectivity index (χ2n) is 9.03. The lowest BCUT2D eigenvalue weighted by molar-refractivity contribution is -0.118. The molecule has 36 heavy (non-hydrogen) atoms. The van der Waals surface area contributed by atoms with E-state index in [1.165, 1.54) is 5.56 Å². The molecule has 0 spiro atoms.